The number of hydrogen-bond acceptors (Lipinski definition) is 8. The molecule has 1 aliphatic heterocycles. The molecule has 1 saturated heterocycles. The van der Waals surface area contributed by atoms with Gasteiger partial charge in [-0.1, -0.05) is 57.1 Å². The Balaban J connectivity index is 1.24. The number of hydrogen-bond donors (Lipinski definition) is 5. The van der Waals surface area contributed by atoms with E-state index in [1.54, 1.807) is 0 Å². The summed E-state index contributed by atoms with van der Waals surface area (Å²) in [6.07, 6.45) is 12.0. The van der Waals surface area contributed by atoms with E-state index in [1.807, 2.05) is 24.3 Å². The van der Waals surface area contributed by atoms with Crippen LogP contribution < -0.4 is 20.7 Å². The van der Waals surface area contributed by atoms with E-state index in [-0.39, 0.29) is 22.3 Å². The maximum atomic E-state index is 13.2. The number of carboxylic acids is 1. The molecule has 2 aromatic carbocycles. The third-order valence-electron chi connectivity index (χ3n) is 8.69. The van der Waals surface area contributed by atoms with Crippen LogP contribution in [0.5, 0.6) is 5.75 Å². The van der Waals surface area contributed by atoms with Gasteiger partial charge in [0.05, 0.1) is 4.90 Å². The lowest BCUT2D eigenvalue weighted by Gasteiger charge is -2.31. The number of unbranched alkanes of at least 4 members (excludes halogenated alkanes) is 8. The molecule has 5 N–H and O–H groups in total. The second-order valence-electron chi connectivity index (χ2n) is 12.5. The molecular weight excluding hydrogens is 648 g/mol. The van der Waals surface area contributed by atoms with Gasteiger partial charge in [-0.25, -0.2) is 8.42 Å². The zero-order chi connectivity index (χ0) is 35.3. The number of benzene rings is 2. The number of rotatable bonds is 24. The van der Waals surface area contributed by atoms with E-state index in [0.29, 0.717) is 65.2 Å². The van der Waals surface area contributed by atoms with E-state index in [0.717, 1.165) is 37.0 Å². The SMILES string of the molecule is O=C(O)CNC(=O)c1ccc(S(=O)(=O)N2CCC(c3ccc(OCCNCCNC(=O)CCCCCCCCCCCO)cc3)CC2)cc1. The maximum absolute atomic E-state index is 13.2. The van der Waals surface area contributed by atoms with E-state index < -0.39 is 28.4 Å². The Bertz CT molecular complexity index is 1380. The number of ether oxygens (including phenoxy) is 1. The van der Waals surface area contributed by atoms with Crippen molar-refractivity contribution in [2.45, 2.75) is 87.9 Å². The Labute approximate surface area is 291 Å². The van der Waals surface area contributed by atoms with Gasteiger partial charge >= 0.3 is 5.97 Å². The van der Waals surface area contributed by atoms with Crippen LogP contribution in [0.2, 0.25) is 0 Å². The van der Waals surface area contributed by atoms with Gasteiger partial charge in [0.25, 0.3) is 5.91 Å². The van der Waals surface area contributed by atoms with Crippen molar-refractivity contribution < 1.29 is 37.8 Å². The number of amides is 2. The van der Waals surface area contributed by atoms with Crippen LogP contribution in [0.3, 0.4) is 0 Å². The summed E-state index contributed by atoms with van der Waals surface area (Å²) in [6.45, 7) is 2.96. The van der Waals surface area contributed by atoms with Crippen LogP contribution in [0.1, 0.15) is 98.9 Å². The van der Waals surface area contributed by atoms with E-state index in [9.17, 15) is 22.8 Å². The third-order valence-corrected chi connectivity index (χ3v) is 10.6. The first-order valence-corrected chi connectivity index (χ1v) is 19.1. The van der Waals surface area contributed by atoms with Crippen molar-refractivity contribution in [2.75, 3.05) is 52.5 Å². The molecule has 13 heteroatoms. The van der Waals surface area contributed by atoms with Crippen LogP contribution in [-0.4, -0.2) is 93.2 Å². The minimum atomic E-state index is -3.72. The number of carbonyl (C=O) groups is 3. The van der Waals surface area contributed by atoms with Gasteiger partial charge in [-0.3, -0.25) is 14.4 Å². The first kappa shape index (κ1) is 39.9. The van der Waals surface area contributed by atoms with Crippen LogP contribution in [0.25, 0.3) is 0 Å². The molecule has 3 rings (SSSR count). The second-order valence-corrected chi connectivity index (χ2v) is 14.4. The predicted molar refractivity (Wildman–Crippen MR) is 188 cm³/mol. The Hall–Kier alpha value is -3.52. The number of piperidine rings is 1. The minimum absolute atomic E-state index is 0.0938. The van der Waals surface area contributed by atoms with Gasteiger partial charge in [-0.15, -0.1) is 0 Å². The van der Waals surface area contributed by atoms with E-state index in [4.69, 9.17) is 14.9 Å². The number of aliphatic hydroxyl groups excluding tert-OH is 1. The minimum Gasteiger partial charge on any atom is -0.492 e. The van der Waals surface area contributed by atoms with Crippen molar-refractivity contribution in [1.29, 1.82) is 0 Å². The Morgan fingerprint density at radius 2 is 1.39 bits per heavy atom. The smallest absolute Gasteiger partial charge is 0.322 e. The number of aliphatic hydroxyl groups is 1. The quantitative estimate of drug-likeness (QED) is 0.101. The molecule has 0 aromatic heterocycles. The second kappa shape index (κ2) is 22.2. The summed E-state index contributed by atoms with van der Waals surface area (Å²) in [4.78, 5) is 34.8. The van der Waals surface area contributed by atoms with Gasteiger partial charge in [-0.2, -0.15) is 4.31 Å². The highest BCUT2D eigenvalue weighted by molar-refractivity contribution is 7.89. The van der Waals surface area contributed by atoms with E-state index in [2.05, 4.69) is 16.0 Å². The number of aliphatic carboxylic acids is 1. The van der Waals surface area contributed by atoms with Crippen molar-refractivity contribution in [3.63, 3.8) is 0 Å². The lowest BCUT2D eigenvalue weighted by Crippen LogP contribution is -2.37. The van der Waals surface area contributed by atoms with Crippen LogP contribution in [0.15, 0.2) is 53.4 Å². The first-order valence-electron chi connectivity index (χ1n) is 17.6. The van der Waals surface area contributed by atoms with Crippen molar-refractivity contribution in [2.24, 2.45) is 0 Å². The zero-order valence-electron chi connectivity index (χ0n) is 28.5. The van der Waals surface area contributed by atoms with Gasteiger partial charge in [0.15, 0.2) is 0 Å². The lowest BCUT2D eigenvalue weighted by atomic mass is 9.90. The highest BCUT2D eigenvalue weighted by Crippen LogP contribution is 2.31. The Morgan fingerprint density at radius 1 is 0.776 bits per heavy atom. The van der Waals surface area contributed by atoms with Crippen molar-refractivity contribution >= 4 is 27.8 Å². The molecule has 49 heavy (non-hydrogen) atoms. The van der Waals surface area contributed by atoms with Crippen LogP contribution in [0.4, 0.5) is 0 Å². The zero-order valence-corrected chi connectivity index (χ0v) is 29.4. The highest BCUT2D eigenvalue weighted by atomic mass is 32.2. The van der Waals surface area contributed by atoms with Gasteiger partial charge in [0.2, 0.25) is 15.9 Å². The van der Waals surface area contributed by atoms with Gasteiger partial charge in [-0.05, 0) is 73.6 Å². The van der Waals surface area contributed by atoms with Crippen molar-refractivity contribution in [3.05, 3.63) is 59.7 Å². The summed E-state index contributed by atoms with van der Waals surface area (Å²) >= 11 is 0. The first-order chi connectivity index (χ1) is 23.7. The fourth-order valence-corrected chi connectivity index (χ4v) is 7.30. The molecule has 0 radical (unpaired) electrons. The topological polar surface area (TPSA) is 174 Å². The maximum Gasteiger partial charge on any atom is 0.322 e. The molecule has 0 unspecified atom stereocenters. The predicted octanol–water partition coefficient (Wildman–Crippen LogP) is 4.05. The van der Waals surface area contributed by atoms with Crippen LogP contribution >= 0.6 is 0 Å². The summed E-state index contributed by atoms with van der Waals surface area (Å²) in [5.74, 6) is -0.645. The van der Waals surface area contributed by atoms with Crippen LogP contribution in [-0.2, 0) is 19.6 Å². The standard InChI is InChI=1S/C36H54N4O8S/c41-26-9-7-5-3-1-2-4-6-8-10-34(42)38-22-21-37-23-27-48-32-15-11-29(12-16-32)30-19-24-40(25-20-30)49(46,47)33-17-13-31(14-18-33)36(45)39-28-35(43)44/h11-18,30,37,41H,1-10,19-28H2,(H,38,42)(H,39,45)(H,43,44). The molecule has 1 aliphatic rings. The molecule has 0 atom stereocenters. The van der Waals surface area contributed by atoms with Gasteiger partial charge < -0.3 is 30.9 Å². The fraction of sp³-hybridized carbons (Fsp3) is 0.583. The highest BCUT2D eigenvalue weighted by Gasteiger charge is 2.30. The number of nitrogens with one attached hydrogen (secondary N) is 3. The molecule has 1 fully saturated rings. The third kappa shape index (κ3) is 14.9. The van der Waals surface area contributed by atoms with E-state index >= 15 is 0 Å². The summed E-state index contributed by atoms with van der Waals surface area (Å²) in [5, 5.41) is 26.0. The molecule has 12 nitrogen and oxygen atoms in total. The average molecular weight is 703 g/mol. The summed E-state index contributed by atoms with van der Waals surface area (Å²) in [6, 6.07) is 13.4. The largest absolute Gasteiger partial charge is 0.492 e. The Kier molecular flexibility index (Phi) is 18.1. The molecule has 0 spiro atoms. The fourth-order valence-electron chi connectivity index (χ4n) is 5.83. The molecule has 1 heterocycles. The monoisotopic (exact) mass is 702 g/mol. The van der Waals surface area contributed by atoms with Gasteiger partial charge in [0, 0.05) is 51.3 Å². The number of carboxylic acid groups (broad SMARTS) is 1. The summed E-state index contributed by atoms with van der Waals surface area (Å²) in [5.41, 5.74) is 1.33. The normalized spacial score (nSPS) is 14.0. The van der Waals surface area contributed by atoms with E-state index in [1.165, 1.54) is 60.7 Å². The van der Waals surface area contributed by atoms with Crippen molar-refractivity contribution in [1.82, 2.24) is 20.3 Å². The summed E-state index contributed by atoms with van der Waals surface area (Å²) in [7, 11) is -3.72. The number of nitrogens with zero attached hydrogens (tertiary/aromatic N) is 1. The molecule has 272 valence electrons. The molecule has 0 saturated carbocycles. The molecular formula is C36H54N4O8S. The molecule has 0 bridgehead atoms. The van der Waals surface area contributed by atoms with Gasteiger partial charge in [0.1, 0.15) is 18.9 Å². The molecule has 2 amide bonds. The molecule has 0 aliphatic carbocycles. The number of sulfonamides is 1. The van der Waals surface area contributed by atoms with Crippen LogP contribution in [0, 0.1) is 0 Å². The summed E-state index contributed by atoms with van der Waals surface area (Å²) < 4.78 is 33.7. The Morgan fingerprint density at radius 3 is 2.00 bits per heavy atom. The van der Waals surface area contributed by atoms with Crippen molar-refractivity contribution in [3.8, 4) is 5.75 Å². The molecule has 2 aromatic rings. The average Bonchev–Trinajstić information content (AvgIpc) is 3.11. The number of carbonyl (C=O) groups excluding carboxylic acids is 2. The lowest BCUT2D eigenvalue weighted by molar-refractivity contribution is -0.135.